The molecule has 9 heteroatoms. The Morgan fingerprint density at radius 1 is 0.941 bits per heavy atom. The number of hydrogen-bond donors (Lipinski definition) is 0. The third-order valence-electron chi connectivity index (χ3n) is 5.40. The number of pyridine rings is 1. The molecule has 0 saturated heterocycles. The molecule has 0 saturated carbocycles. The standard InChI is InChI=1S/C25H16F3NO5/c26-25(27,28)16-4-3-5-17(11-16)29-12-20(18-6-1-2-7-19(18)23(29)30)24(31)32-13-15-8-9-21-22(10-15)34-14-33-21/h1-12H,13-14H2. The van der Waals surface area contributed by atoms with Crippen molar-refractivity contribution in [2.45, 2.75) is 12.8 Å². The van der Waals surface area contributed by atoms with Crippen LogP contribution in [0.3, 0.4) is 0 Å². The van der Waals surface area contributed by atoms with E-state index >= 15 is 0 Å². The van der Waals surface area contributed by atoms with Crippen molar-refractivity contribution in [2.75, 3.05) is 6.79 Å². The summed E-state index contributed by atoms with van der Waals surface area (Å²) in [6, 6.07) is 15.8. The van der Waals surface area contributed by atoms with E-state index in [-0.39, 0.29) is 30.0 Å². The molecule has 1 aromatic heterocycles. The van der Waals surface area contributed by atoms with Gasteiger partial charge in [-0.15, -0.1) is 0 Å². The highest BCUT2D eigenvalue weighted by atomic mass is 19.4. The molecule has 1 aliphatic rings. The molecular formula is C25H16F3NO5. The molecule has 0 N–H and O–H groups in total. The smallest absolute Gasteiger partial charge is 0.416 e. The fourth-order valence-electron chi connectivity index (χ4n) is 3.74. The number of fused-ring (bicyclic) bond motifs is 2. The maximum absolute atomic E-state index is 13.2. The lowest BCUT2D eigenvalue weighted by molar-refractivity contribution is -0.137. The van der Waals surface area contributed by atoms with Gasteiger partial charge >= 0.3 is 12.1 Å². The molecule has 4 aromatic rings. The molecule has 172 valence electrons. The van der Waals surface area contributed by atoms with E-state index in [2.05, 4.69) is 0 Å². The monoisotopic (exact) mass is 467 g/mol. The number of esters is 1. The fraction of sp³-hybridized carbons (Fsp3) is 0.120. The van der Waals surface area contributed by atoms with Gasteiger partial charge in [0.05, 0.1) is 11.1 Å². The molecule has 34 heavy (non-hydrogen) atoms. The molecule has 0 spiro atoms. The third-order valence-corrected chi connectivity index (χ3v) is 5.40. The van der Waals surface area contributed by atoms with Crippen molar-refractivity contribution >= 4 is 16.7 Å². The summed E-state index contributed by atoms with van der Waals surface area (Å²) < 4.78 is 56.7. The molecule has 2 heterocycles. The Hall–Kier alpha value is -4.27. The van der Waals surface area contributed by atoms with Crippen molar-refractivity contribution < 1.29 is 32.2 Å². The molecule has 0 bridgehead atoms. The van der Waals surface area contributed by atoms with Crippen molar-refractivity contribution in [3.63, 3.8) is 0 Å². The molecule has 0 radical (unpaired) electrons. The SMILES string of the molecule is O=C(OCc1ccc2c(c1)OCO2)c1cn(-c2cccc(C(F)(F)F)c2)c(=O)c2ccccc12. The van der Waals surface area contributed by atoms with Crippen LogP contribution in [0.4, 0.5) is 13.2 Å². The summed E-state index contributed by atoms with van der Waals surface area (Å²) in [4.78, 5) is 26.1. The van der Waals surface area contributed by atoms with Crippen LogP contribution < -0.4 is 15.0 Å². The van der Waals surface area contributed by atoms with Gasteiger partial charge in [-0.2, -0.15) is 13.2 Å². The summed E-state index contributed by atoms with van der Waals surface area (Å²) in [5.41, 5.74) is -0.768. The van der Waals surface area contributed by atoms with Crippen LogP contribution in [-0.2, 0) is 17.5 Å². The fourth-order valence-corrected chi connectivity index (χ4v) is 3.74. The zero-order valence-corrected chi connectivity index (χ0v) is 17.5. The second-order valence-corrected chi connectivity index (χ2v) is 7.58. The topological polar surface area (TPSA) is 66.8 Å². The van der Waals surface area contributed by atoms with Crippen molar-refractivity contribution in [1.29, 1.82) is 0 Å². The first kappa shape index (κ1) is 21.6. The molecule has 6 nitrogen and oxygen atoms in total. The van der Waals surface area contributed by atoms with Crippen LogP contribution in [0.15, 0.2) is 77.7 Å². The first-order valence-corrected chi connectivity index (χ1v) is 10.2. The van der Waals surface area contributed by atoms with Crippen LogP contribution >= 0.6 is 0 Å². The van der Waals surface area contributed by atoms with Gasteiger partial charge in [-0.1, -0.05) is 30.3 Å². The molecule has 0 unspecified atom stereocenters. The maximum Gasteiger partial charge on any atom is 0.416 e. The first-order chi connectivity index (χ1) is 16.3. The minimum atomic E-state index is -4.58. The predicted octanol–water partition coefficient (Wildman–Crippen LogP) is 5.10. The first-order valence-electron chi connectivity index (χ1n) is 10.2. The average molecular weight is 467 g/mol. The number of hydrogen-bond acceptors (Lipinski definition) is 5. The van der Waals surface area contributed by atoms with Crippen molar-refractivity contribution in [3.05, 3.63) is 100.0 Å². The van der Waals surface area contributed by atoms with Crippen molar-refractivity contribution in [2.24, 2.45) is 0 Å². The van der Waals surface area contributed by atoms with Gasteiger partial charge < -0.3 is 14.2 Å². The van der Waals surface area contributed by atoms with Gasteiger partial charge in [-0.05, 0) is 42.0 Å². The Morgan fingerprint density at radius 2 is 1.71 bits per heavy atom. The number of alkyl halides is 3. The molecule has 1 aliphatic heterocycles. The number of nitrogens with zero attached hydrogens (tertiary/aromatic N) is 1. The Kier molecular flexibility index (Phi) is 5.24. The van der Waals surface area contributed by atoms with E-state index in [1.807, 2.05) is 0 Å². The van der Waals surface area contributed by atoms with Crippen LogP contribution in [0, 0.1) is 0 Å². The number of rotatable bonds is 4. The summed E-state index contributed by atoms with van der Waals surface area (Å²) in [5, 5.41) is 0.517. The second kappa shape index (κ2) is 8.26. The maximum atomic E-state index is 13.2. The van der Waals surface area contributed by atoms with E-state index in [0.29, 0.717) is 22.4 Å². The van der Waals surface area contributed by atoms with Crippen LogP contribution in [0.25, 0.3) is 16.5 Å². The number of ether oxygens (including phenoxy) is 3. The van der Waals surface area contributed by atoms with Gasteiger partial charge in [0.15, 0.2) is 11.5 Å². The largest absolute Gasteiger partial charge is 0.457 e. The van der Waals surface area contributed by atoms with Crippen LogP contribution in [0.5, 0.6) is 11.5 Å². The van der Waals surface area contributed by atoms with Gasteiger partial charge in [0.25, 0.3) is 5.56 Å². The number of aromatic nitrogens is 1. The van der Waals surface area contributed by atoms with Gasteiger partial charge in [0.2, 0.25) is 6.79 Å². The molecule has 3 aromatic carbocycles. The zero-order chi connectivity index (χ0) is 23.9. The lowest BCUT2D eigenvalue weighted by atomic mass is 10.1. The number of carbonyl (C=O) groups is 1. The normalized spacial score (nSPS) is 12.7. The van der Waals surface area contributed by atoms with Crippen molar-refractivity contribution in [1.82, 2.24) is 4.57 Å². The van der Waals surface area contributed by atoms with E-state index in [1.54, 1.807) is 36.4 Å². The molecule has 0 aliphatic carbocycles. The highest BCUT2D eigenvalue weighted by molar-refractivity contribution is 6.04. The van der Waals surface area contributed by atoms with Crippen molar-refractivity contribution in [3.8, 4) is 17.2 Å². The molecule has 0 amide bonds. The third kappa shape index (κ3) is 3.96. The molecular weight excluding hydrogens is 451 g/mol. The minimum absolute atomic E-state index is 0.0181. The second-order valence-electron chi connectivity index (χ2n) is 7.58. The van der Waals surface area contributed by atoms with Gasteiger partial charge in [0, 0.05) is 22.7 Å². The van der Waals surface area contributed by atoms with Crippen LogP contribution in [0.2, 0.25) is 0 Å². The highest BCUT2D eigenvalue weighted by Crippen LogP contribution is 2.33. The summed E-state index contributed by atoms with van der Waals surface area (Å²) in [7, 11) is 0. The number of benzene rings is 3. The summed E-state index contributed by atoms with van der Waals surface area (Å²) in [5.74, 6) is 0.404. The van der Waals surface area contributed by atoms with Crippen LogP contribution in [0.1, 0.15) is 21.5 Å². The van der Waals surface area contributed by atoms with Crippen LogP contribution in [-0.4, -0.2) is 17.3 Å². The molecule has 0 fully saturated rings. The van der Waals surface area contributed by atoms with Gasteiger partial charge in [-0.3, -0.25) is 9.36 Å². The number of halogens is 3. The van der Waals surface area contributed by atoms with E-state index < -0.39 is 23.3 Å². The van der Waals surface area contributed by atoms with E-state index in [4.69, 9.17) is 14.2 Å². The Balaban J connectivity index is 1.53. The van der Waals surface area contributed by atoms with E-state index in [0.717, 1.165) is 16.7 Å². The Morgan fingerprint density at radius 3 is 2.50 bits per heavy atom. The van der Waals surface area contributed by atoms with E-state index in [9.17, 15) is 22.8 Å². The minimum Gasteiger partial charge on any atom is -0.457 e. The zero-order valence-electron chi connectivity index (χ0n) is 17.5. The summed E-state index contributed by atoms with van der Waals surface area (Å²) in [6.45, 7) is 0.0358. The van der Waals surface area contributed by atoms with E-state index in [1.165, 1.54) is 24.4 Å². The van der Waals surface area contributed by atoms with Gasteiger partial charge in [-0.25, -0.2) is 4.79 Å². The lowest BCUT2D eigenvalue weighted by Gasteiger charge is -2.14. The predicted molar refractivity (Wildman–Crippen MR) is 116 cm³/mol. The Labute approximate surface area is 190 Å². The highest BCUT2D eigenvalue weighted by Gasteiger charge is 2.30. The number of carbonyl (C=O) groups excluding carboxylic acids is 1. The molecule has 5 rings (SSSR count). The Bertz CT molecular complexity index is 1480. The molecule has 0 atom stereocenters. The quantitative estimate of drug-likeness (QED) is 0.391. The average Bonchev–Trinajstić information content (AvgIpc) is 3.30. The lowest BCUT2D eigenvalue weighted by Crippen LogP contribution is -2.21. The van der Waals surface area contributed by atoms with Gasteiger partial charge in [0.1, 0.15) is 6.61 Å². The summed E-state index contributed by atoms with van der Waals surface area (Å²) >= 11 is 0. The summed E-state index contributed by atoms with van der Waals surface area (Å²) in [6.07, 6.45) is -3.37.